The predicted molar refractivity (Wildman–Crippen MR) is 130 cm³/mol. The SMILES string of the molecule is COc1ccc(OCCCn2c(CCNC(=O)c3ccc(Cl)cc3)nc3ccccc32)cc1. The fourth-order valence-electron chi connectivity index (χ4n) is 3.64. The first kappa shape index (κ1) is 22.7. The Kier molecular flexibility index (Phi) is 7.47. The number of hydrogen-bond acceptors (Lipinski definition) is 4. The normalized spacial score (nSPS) is 10.8. The van der Waals surface area contributed by atoms with Gasteiger partial charge in [0, 0.05) is 30.1 Å². The third kappa shape index (κ3) is 5.84. The molecule has 0 aliphatic heterocycles. The topological polar surface area (TPSA) is 65.4 Å². The molecular formula is C26H26ClN3O3. The van der Waals surface area contributed by atoms with Gasteiger partial charge in [0.2, 0.25) is 0 Å². The van der Waals surface area contributed by atoms with Gasteiger partial charge in [-0.3, -0.25) is 4.79 Å². The lowest BCUT2D eigenvalue weighted by atomic mass is 10.2. The molecule has 1 amide bonds. The maximum atomic E-state index is 12.4. The number of imidazole rings is 1. The second-order valence-corrected chi connectivity index (χ2v) is 8.00. The zero-order chi connectivity index (χ0) is 23.0. The van der Waals surface area contributed by atoms with E-state index in [0.29, 0.717) is 30.2 Å². The Morgan fingerprint density at radius 3 is 2.48 bits per heavy atom. The number of nitrogens with zero attached hydrogens (tertiary/aromatic N) is 2. The Labute approximate surface area is 198 Å². The third-order valence-electron chi connectivity index (χ3n) is 5.33. The fourth-order valence-corrected chi connectivity index (χ4v) is 3.77. The predicted octanol–water partition coefficient (Wildman–Crippen LogP) is 5.14. The van der Waals surface area contributed by atoms with Crippen LogP contribution < -0.4 is 14.8 Å². The molecule has 4 aromatic rings. The van der Waals surface area contributed by atoms with Gasteiger partial charge in [0.25, 0.3) is 5.91 Å². The second kappa shape index (κ2) is 10.9. The Hall–Kier alpha value is -3.51. The van der Waals surface area contributed by atoms with Crippen molar-refractivity contribution in [2.45, 2.75) is 19.4 Å². The lowest BCUT2D eigenvalue weighted by Gasteiger charge is -2.11. The number of carbonyl (C=O) groups is 1. The molecule has 33 heavy (non-hydrogen) atoms. The number of nitrogens with one attached hydrogen (secondary N) is 1. The van der Waals surface area contributed by atoms with Crippen molar-refractivity contribution in [3.05, 3.63) is 89.2 Å². The van der Waals surface area contributed by atoms with E-state index in [0.717, 1.165) is 41.3 Å². The van der Waals surface area contributed by atoms with E-state index in [1.165, 1.54) is 0 Å². The van der Waals surface area contributed by atoms with Crippen LogP contribution in [0.1, 0.15) is 22.6 Å². The summed E-state index contributed by atoms with van der Waals surface area (Å²) in [6.07, 6.45) is 1.46. The van der Waals surface area contributed by atoms with Crippen molar-refractivity contribution in [3.63, 3.8) is 0 Å². The highest BCUT2D eigenvalue weighted by Gasteiger charge is 2.11. The number of aromatic nitrogens is 2. The van der Waals surface area contributed by atoms with Crippen LogP contribution in [-0.4, -0.2) is 35.7 Å². The average Bonchev–Trinajstić information content (AvgIpc) is 3.20. The first-order valence-corrected chi connectivity index (χ1v) is 11.3. The average molecular weight is 464 g/mol. The number of amides is 1. The van der Waals surface area contributed by atoms with Crippen LogP contribution >= 0.6 is 11.6 Å². The molecule has 170 valence electrons. The molecule has 7 heteroatoms. The molecule has 0 saturated carbocycles. The number of methoxy groups -OCH3 is 1. The fraction of sp³-hybridized carbons (Fsp3) is 0.231. The Balaban J connectivity index is 1.35. The molecule has 4 rings (SSSR count). The summed E-state index contributed by atoms with van der Waals surface area (Å²) < 4.78 is 13.3. The van der Waals surface area contributed by atoms with Crippen LogP contribution in [-0.2, 0) is 13.0 Å². The summed E-state index contributed by atoms with van der Waals surface area (Å²) in [7, 11) is 1.64. The number of benzene rings is 3. The van der Waals surface area contributed by atoms with Crippen LogP contribution in [0.4, 0.5) is 0 Å². The minimum Gasteiger partial charge on any atom is -0.497 e. The van der Waals surface area contributed by atoms with Crippen LogP contribution in [0.15, 0.2) is 72.8 Å². The summed E-state index contributed by atoms with van der Waals surface area (Å²) in [6.45, 7) is 1.86. The molecule has 0 radical (unpaired) electrons. The largest absolute Gasteiger partial charge is 0.497 e. The van der Waals surface area contributed by atoms with Crippen LogP contribution in [0.25, 0.3) is 11.0 Å². The van der Waals surface area contributed by atoms with E-state index in [9.17, 15) is 4.79 Å². The number of ether oxygens (including phenoxy) is 2. The van der Waals surface area contributed by atoms with Crippen LogP contribution in [0.5, 0.6) is 11.5 Å². The zero-order valence-electron chi connectivity index (χ0n) is 18.5. The number of hydrogen-bond donors (Lipinski definition) is 1. The Bertz CT molecular complexity index is 1200. The van der Waals surface area contributed by atoms with E-state index < -0.39 is 0 Å². The van der Waals surface area contributed by atoms with Crippen molar-refractivity contribution in [1.82, 2.24) is 14.9 Å². The molecule has 1 N–H and O–H groups in total. The number of halogens is 1. The van der Waals surface area contributed by atoms with Gasteiger partial charge >= 0.3 is 0 Å². The van der Waals surface area contributed by atoms with Crippen molar-refractivity contribution < 1.29 is 14.3 Å². The van der Waals surface area contributed by atoms with Crippen LogP contribution in [0.2, 0.25) is 5.02 Å². The maximum Gasteiger partial charge on any atom is 0.251 e. The highest BCUT2D eigenvalue weighted by molar-refractivity contribution is 6.30. The number of rotatable bonds is 10. The van der Waals surface area contributed by atoms with Crippen molar-refractivity contribution >= 4 is 28.5 Å². The van der Waals surface area contributed by atoms with Gasteiger partial charge in [-0.25, -0.2) is 4.98 Å². The van der Waals surface area contributed by atoms with Crippen molar-refractivity contribution in [2.24, 2.45) is 0 Å². The van der Waals surface area contributed by atoms with Crippen molar-refractivity contribution in [3.8, 4) is 11.5 Å². The Morgan fingerprint density at radius 2 is 1.73 bits per heavy atom. The maximum absolute atomic E-state index is 12.4. The molecular weight excluding hydrogens is 438 g/mol. The molecule has 1 heterocycles. The smallest absolute Gasteiger partial charge is 0.251 e. The molecule has 0 atom stereocenters. The number of aryl methyl sites for hydroxylation is 1. The summed E-state index contributed by atoms with van der Waals surface area (Å²) in [5.41, 5.74) is 2.62. The van der Waals surface area contributed by atoms with Gasteiger partial charge in [0.1, 0.15) is 17.3 Å². The first-order chi connectivity index (χ1) is 16.1. The molecule has 3 aromatic carbocycles. The number of para-hydroxylation sites is 2. The Morgan fingerprint density at radius 1 is 1.00 bits per heavy atom. The highest BCUT2D eigenvalue weighted by Crippen LogP contribution is 2.19. The molecule has 1 aromatic heterocycles. The quantitative estimate of drug-likeness (QED) is 0.331. The lowest BCUT2D eigenvalue weighted by Crippen LogP contribution is -2.26. The van der Waals surface area contributed by atoms with Crippen molar-refractivity contribution in [2.75, 3.05) is 20.3 Å². The zero-order valence-corrected chi connectivity index (χ0v) is 19.2. The van der Waals surface area contributed by atoms with Gasteiger partial charge in [0.15, 0.2) is 0 Å². The highest BCUT2D eigenvalue weighted by atomic mass is 35.5. The molecule has 0 fully saturated rings. The van der Waals surface area contributed by atoms with E-state index in [-0.39, 0.29) is 5.91 Å². The summed E-state index contributed by atoms with van der Waals surface area (Å²) >= 11 is 5.90. The lowest BCUT2D eigenvalue weighted by molar-refractivity contribution is 0.0954. The van der Waals surface area contributed by atoms with E-state index in [1.54, 1.807) is 31.4 Å². The molecule has 0 spiro atoms. The first-order valence-electron chi connectivity index (χ1n) is 10.9. The summed E-state index contributed by atoms with van der Waals surface area (Å²) in [4.78, 5) is 17.2. The van der Waals surface area contributed by atoms with E-state index >= 15 is 0 Å². The molecule has 0 aliphatic carbocycles. The van der Waals surface area contributed by atoms with Crippen molar-refractivity contribution in [1.29, 1.82) is 0 Å². The molecule has 0 unspecified atom stereocenters. The molecule has 6 nitrogen and oxygen atoms in total. The summed E-state index contributed by atoms with van der Waals surface area (Å²) in [5.74, 6) is 2.44. The van der Waals surface area contributed by atoms with Crippen LogP contribution in [0, 0.1) is 0 Å². The van der Waals surface area contributed by atoms with Crippen LogP contribution in [0.3, 0.4) is 0 Å². The van der Waals surface area contributed by atoms with Gasteiger partial charge in [0.05, 0.1) is 24.8 Å². The molecule has 0 aliphatic rings. The van der Waals surface area contributed by atoms with E-state index in [1.807, 2.05) is 42.5 Å². The molecule has 0 saturated heterocycles. The summed E-state index contributed by atoms with van der Waals surface area (Å²) in [5, 5.41) is 3.57. The molecule has 0 bridgehead atoms. The standard InChI is InChI=1S/C26H26ClN3O3/c1-32-21-11-13-22(14-12-21)33-18-4-17-30-24-6-3-2-5-23(24)29-25(30)15-16-28-26(31)19-7-9-20(27)10-8-19/h2-3,5-14H,4,15-18H2,1H3,(H,28,31). The van der Waals surface area contributed by atoms with Gasteiger partial charge in [-0.2, -0.15) is 0 Å². The van der Waals surface area contributed by atoms with Gasteiger partial charge in [-0.05, 0) is 67.1 Å². The van der Waals surface area contributed by atoms with E-state index in [4.69, 9.17) is 26.1 Å². The minimum atomic E-state index is -0.123. The van der Waals surface area contributed by atoms with Gasteiger partial charge in [-0.15, -0.1) is 0 Å². The number of carbonyl (C=O) groups excluding carboxylic acids is 1. The van der Waals surface area contributed by atoms with Gasteiger partial charge < -0.3 is 19.4 Å². The third-order valence-corrected chi connectivity index (χ3v) is 5.58. The monoisotopic (exact) mass is 463 g/mol. The second-order valence-electron chi connectivity index (χ2n) is 7.56. The summed E-state index contributed by atoms with van der Waals surface area (Å²) in [6, 6.07) is 22.5. The van der Waals surface area contributed by atoms with Gasteiger partial charge in [-0.1, -0.05) is 23.7 Å². The minimum absolute atomic E-state index is 0.123. The van der Waals surface area contributed by atoms with E-state index in [2.05, 4.69) is 16.0 Å². The number of fused-ring (bicyclic) bond motifs is 1.